The first kappa shape index (κ1) is 18.9. The van der Waals surface area contributed by atoms with Crippen LogP contribution in [0.4, 0.5) is 0 Å². The van der Waals surface area contributed by atoms with Gasteiger partial charge in [0.15, 0.2) is 22.7 Å². The number of aromatic nitrogens is 5. The van der Waals surface area contributed by atoms with Crippen LogP contribution in [0.2, 0.25) is 0 Å². The SMILES string of the molecule is COc1ccc(CCn2c(C)cn3c4c(=O)n(C)c(=O)n(C)c4nc23)cc1OC. The lowest BCUT2D eigenvalue weighted by Gasteiger charge is -2.10. The van der Waals surface area contributed by atoms with E-state index in [9.17, 15) is 9.59 Å². The molecule has 9 heteroatoms. The van der Waals surface area contributed by atoms with E-state index >= 15 is 0 Å². The first-order valence-corrected chi connectivity index (χ1v) is 9.22. The molecule has 0 amide bonds. The highest BCUT2D eigenvalue weighted by Crippen LogP contribution is 2.28. The quantitative estimate of drug-likeness (QED) is 0.506. The number of aryl methyl sites for hydroxylation is 4. The lowest BCUT2D eigenvalue weighted by atomic mass is 10.1. The number of rotatable bonds is 5. The van der Waals surface area contributed by atoms with Crippen molar-refractivity contribution in [1.82, 2.24) is 23.1 Å². The first-order chi connectivity index (χ1) is 13.9. The van der Waals surface area contributed by atoms with Gasteiger partial charge in [-0.25, -0.2) is 4.79 Å². The molecular weight excluding hydrogens is 374 g/mol. The van der Waals surface area contributed by atoms with Gasteiger partial charge in [0.05, 0.1) is 14.2 Å². The first-order valence-electron chi connectivity index (χ1n) is 9.22. The third-order valence-electron chi connectivity index (χ3n) is 5.33. The summed E-state index contributed by atoms with van der Waals surface area (Å²) in [6.45, 7) is 2.64. The molecular formula is C20H23N5O4. The van der Waals surface area contributed by atoms with Gasteiger partial charge >= 0.3 is 5.69 Å². The van der Waals surface area contributed by atoms with Gasteiger partial charge in [-0.1, -0.05) is 6.07 Å². The van der Waals surface area contributed by atoms with Crippen LogP contribution in [0.15, 0.2) is 34.0 Å². The molecule has 0 aliphatic heterocycles. The fourth-order valence-corrected chi connectivity index (χ4v) is 3.68. The molecule has 4 rings (SSSR count). The molecule has 3 heterocycles. The van der Waals surface area contributed by atoms with Crippen LogP contribution in [0.1, 0.15) is 11.3 Å². The molecule has 152 valence electrons. The summed E-state index contributed by atoms with van der Waals surface area (Å²) in [7, 11) is 6.32. The number of nitrogens with zero attached hydrogens (tertiary/aromatic N) is 5. The van der Waals surface area contributed by atoms with Gasteiger partial charge in [-0.15, -0.1) is 0 Å². The van der Waals surface area contributed by atoms with Crippen LogP contribution in [0.5, 0.6) is 11.5 Å². The summed E-state index contributed by atoms with van der Waals surface area (Å²) >= 11 is 0. The molecule has 0 atom stereocenters. The van der Waals surface area contributed by atoms with E-state index < -0.39 is 5.69 Å². The molecule has 0 unspecified atom stereocenters. The number of fused-ring (bicyclic) bond motifs is 3. The van der Waals surface area contributed by atoms with Crippen LogP contribution >= 0.6 is 0 Å². The molecule has 0 aliphatic rings. The minimum Gasteiger partial charge on any atom is -0.493 e. The van der Waals surface area contributed by atoms with Crippen LogP contribution in [0.25, 0.3) is 16.9 Å². The highest BCUT2D eigenvalue weighted by molar-refractivity contribution is 5.75. The fourth-order valence-electron chi connectivity index (χ4n) is 3.68. The second-order valence-electron chi connectivity index (χ2n) is 7.02. The van der Waals surface area contributed by atoms with Gasteiger partial charge in [-0.05, 0) is 31.0 Å². The zero-order valence-corrected chi connectivity index (χ0v) is 17.1. The molecule has 0 saturated carbocycles. The van der Waals surface area contributed by atoms with Gasteiger partial charge in [0.25, 0.3) is 5.56 Å². The minimum atomic E-state index is -0.392. The Morgan fingerprint density at radius 3 is 2.45 bits per heavy atom. The van der Waals surface area contributed by atoms with Crippen molar-refractivity contribution in [2.45, 2.75) is 19.9 Å². The molecule has 0 bridgehead atoms. The number of hydrogen-bond acceptors (Lipinski definition) is 5. The van der Waals surface area contributed by atoms with E-state index in [2.05, 4.69) is 4.98 Å². The summed E-state index contributed by atoms with van der Waals surface area (Å²) in [6.07, 6.45) is 2.62. The Labute approximate surface area is 166 Å². The molecule has 29 heavy (non-hydrogen) atoms. The van der Waals surface area contributed by atoms with Crippen molar-refractivity contribution in [2.75, 3.05) is 14.2 Å². The maximum Gasteiger partial charge on any atom is 0.332 e. The third kappa shape index (κ3) is 2.81. The van der Waals surface area contributed by atoms with Crippen LogP contribution in [0, 0.1) is 6.92 Å². The van der Waals surface area contributed by atoms with Gasteiger partial charge in [0.1, 0.15) is 0 Å². The zero-order chi connectivity index (χ0) is 20.9. The second kappa shape index (κ2) is 6.84. The Kier molecular flexibility index (Phi) is 4.45. The minimum absolute atomic E-state index is 0.354. The predicted molar refractivity (Wildman–Crippen MR) is 109 cm³/mol. The van der Waals surface area contributed by atoms with Crippen molar-refractivity contribution in [3.05, 3.63) is 56.5 Å². The lowest BCUT2D eigenvalue weighted by molar-refractivity contribution is 0.354. The molecule has 9 nitrogen and oxygen atoms in total. The number of benzene rings is 1. The zero-order valence-electron chi connectivity index (χ0n) is 17.1. The molecule has 0 aliphatic carbocycles. The van der Waals surface area contributed by atoms with E-state index in [-0.39, 0.29) is 5.56 Å². The Hall–Kier alpha value is -3.49. The molecule has 3 aromatic heterocycles. The topological polar surface area (TPSA) is 84.7 Å². The average Bonchev–Trinajstić information content (AvgIpc) is 3.23. The Morgan fingerprint density at radius 2 is 1.76 bits per heavy atom. The lowest BCUT2D eigenvalue weighted by Crippen LogP contribution is -2.37. The Balaban J connectivity index is 1.78. The summed E-state index contributed by atoms with van der Waals surface area (Å²) in [6, 6.07) is 5.84. The molecule has 0 N–H and O–H groups in total. The van der Waals surface area contributed by atoms with Gasteiger partial charge < -0.3 is 14.0 Å². The average molecular weight is 397 g/mol. The van der Waals surface area contributed by atoms with Crippen LogP contribution in [-0.4, -0.2) is 37.3 Å². The van der Waals surface area contributed by atoms with Crippen molar-refractivity contribution >= 4 is 16.9 Å². The maximum absolute atomic E-state index is 12.7. The van der Waals surface area contributed by atoms with Crippen molar-refractivity contribution in [1.29, 1.82) is 0 Å². The van der Waals surface area contributed by atoms with Crippen molar-refractivity contribution in [2.24, 2.45) is 14.1 Å². The van der Waals surface area contributed by atoms with Gasteiger partial charge in [0.2, 0.25) is 5.78 Å². The summed E-state index contributed by atoms with van der Waals surface area (Å²) < 4.78 is 17.0. The smallest absolute Gasteiger partial charge is 0.332 e. The van der Waals surface area contributed by atoms with Crippen molar-refractivity contribution < 1.29 is 9.47 Å². The van der Waals surface area contributed by atoms with E-state index in [1.165, 1.54) is 11.6 Å². The molecule has 0 fully saturated rings. The molecule has 4 aromatic rings. The number of methoxy groups -OCH3 is 2. The van der Waals surface area contributed by atoms with E-state index in [0.717, 1.165) is 22.2 Å². The molecule has 0 saturated heterocycles. The highest BCUT2D eigenvalue weighted by atomic mass is 16.5. The third-order valence-corrected chi connectivity index (χ3v) is 5.33. The van der Waals surface area contributed by atoms with Gasteiger partial charge in [0, 0.05) is 32.5 Å². The highest BCUT2D eigenvalue weighted by Gasteiger charge is 2.19. The van der Waals surface area contributed by atoms with Crippen LogP contribution in [-0.2, 0) is 27.1 Å². The molecule has 0 radical (unpaired) electrons. The van der Waals surface area contributed by atoms with Crippen LogP contribution in [0.3, 0.4) is 0 Å². The predicted octanol–water partition coefficient (Wildman–Crippen LogP) is 1.25. The Morgan fingerprint density at radius 1 is 1.03 bits per heavy atom. The maximum atomic E-state index is 12.7. The standard InChI is InChI=1S/C20H23N5O4/c1-12-11-25-16-17(22(2)20(27)23(3)18(16)26)21-19(25)24(12)9-8-13-6-7-14(28-4)15(10-13)29-5/h6-7,10-11H,8-9H2,1-5H3. The van der Waals surface area contributed by atoms with E-state index in [0.29, 0.717) is 35.0 Å². The molecule has 1 aromatic carbocycles. The van der Waals surface area contributed by atoms with E-state index in [1.807, 2.05) is 35.9 Å². The van der Waals surface area contributed by atoms with Crippen LogP contribution < -0.4 is 20.7 Å². The number of hydrogen-bond donors (Lipinski definition) is 0. The van der Waals surface area contributed by atoms with Crippen molar-refractivity contribution in [3.63, 3.8) is 0 Å². The monoisotopic (exact) mass is 397 g/mol. The van der Waals surface area contributed by atoms with Crippen molar-refractivity contribution in [3.8, 4) is 11.5 Å². The largest absolute Gasteiger partial charge is 0.493 e. The van der Waals surface area contributed by atoms with E-state index in [4.69, 9.17) is 9.47 Å². The fraction of sp³-hybridized carbons (Fsp3) is 0.350. The second-order valence-corrected chi connectivity index (χ2v) is 7.02. The summed E-state index contributed by atoms with van der Waals surface area (Å²) in [5, 5.41) is 0. The normalized spacial score (nSPS) is 11.5. The Bertz CT molecular complexity index is 1360. The summed E-state index contributed by atoms with van der Waals surface area (Å²) in [4.78, 5) is 29.5. The van der Waals surface area contributed by atoms with Gasteiger partial charge in [-0.3, -0.25) is 18.3 Å². The number of imidazole rings is 2. The van der Waals surface area contributed by atoms with E-state index in [1.54, 1.807) is 25.7 Å². The summed E-state index contributed by atoms with van der Waals surface area (Å²) in [5.41, 5.74) is 2.11. The molecule has 0 spiro atoms. The summed E-state index contributed by atoms with van der Waals surface area (Å²) in [5.74, 6) is 2.01. The number of ether oxygens (including phenoxy) is 2. The van der Waals surface area contributed by atoms with Gasteiger partial charge in [-0.2, -0.15) is 4.98 Å².